The Morgan fingerprint density at radius 1 is 1.17 bits per heavy atom. The molecule has 1 fully saturated rings. The molecule has 0 spiro atoms. The third kappa shape index (κ3) is 2.41. The van der Waals surface area contributed by atoms with E-state index >= 15 is 0 Å². The topological polar surface area (TPSA) is 78.4 Å². The molecule has 0 radical (unpaired) electrons. The molecule has 0 atom stereocenters. The number of hydrogen-bond donors (Lipinski definition) is 2. The summed E-state index contributed by atoms with van der Waals surface area (Å²) in [5.41, 5.74) is 3.52. The summed E-state index contributed by atoms with van der Waals surface area (Å²) in [7, 11) is 0. The summed E-state index contributed by atoms with van der Waals surface area (Å²) in [5.74, 6) is 0.634. The van der Waals surface area contributed by atoms with E-state index in [0.717, 1.165) is 18.5 Å². The molecule has 0 bridgehead atoms. The normalized spacial score (nSPS) is 14.1. The number of benzene rings is 1. The van der Waals surface area contributed by atoms with Gasteiger partial charge in [-0.25, -0.2) is 9.97 Å². The molecule has 0 saturated heterocycles. The van der Waals surface area contributed by atoms with Crippen LogP contribution in [0.5, 0.6) is 0 Å². The van der Waals surface area contributed by atoms with Crippen LogP contribution in [0.1, 0.15) is 35.7 Å². The minimum Gasteiger partial charge on any atom is -0.283 e. The van der Waals surface area contributed by atoms with Crippen LogP contribution in [0.2, 0.25) is 5.02 Å². The molecular weight excluding hydrogens is 322 g/mol. The van der Waals surface area contributed by atoms with Gasteiger partial charge in [0.15, 0.2) is 11.1 Å². The molecule has 3 aromatic rings. The summed E-state index contributed by atoms with van der Waals surface area (Å²) in [5, 5.41) is 17.5. The van der Waals surface area contributed by atoms with Gasteiger partial charge in [0.2, 0.25) is 0 Å². The number of pyridine rings is 1. The van der Waals surface area contributed by atoms with Crippen molar-refractivity contribution in [2.24, 2.45) is 0 Å². The summed E-state index contributed by atoms with van der Waals surface area (Å²) in [6.07, 6.45) is 2.29. The van der Waals surface area contributed by atoms with Gasteiger partial charge in [0.1, 0.15) is 11.4 Å². The average Bonchev–Trinajstić information content (AvgIpc) is 3.41. The van der Waals surface area contributed by atoms with Gasteiger partial charge >= 0.3 is 0 Å². The van der Waals surface area contributed by atoms with E-state index in [1.54, 1.807) is 19.1 Å². The quantitative estimate of drug-likeness (QED) is 0.553. The molecule has 0 amide bonds. The third-order valence-corrected chi connectivity index (χ3v) is 4.62. The lowest BCUT2D eigenvalue weighted by Gasteiger charge is -2.14. The number of nitrogens with one attached hydrogen (secondary N) is 2. The van der Waals surface area contributed by atoms with Crippen molar-refractivity contribution in [1.29, 1.82) is 10.8 Å². The van der Waals surface area contributed by atoms with Crippen LogP contribution < -0.4 is 5.49 Å². The SMILES string of the molecule is Cc1nc2ccc(C3CC3)nc2n(C(=N)c2ccccc2Cl)c1=N. The van der Waals surface area contributed by atoms with Gasteiger partial charge in [-0.3, -0.25) is 15.4 Å². The van der Waals surface area contributed by atoms with Crippen molar-refractivity contribution in [1.82, 2.24) is 14.5 Å². The van der Waals surface area contributed by atoms with Gasteiger partial charge in [0, 0.05) is 17.2 Å². The third-order valence-electron chi connectivity index (χ3n) is 4.29. The molecular formula is C18H16ClN5. The Balaban J connectivity index is 2.00. The first-order valence-corrected chi connectivity index (χ1v) is 8.23. The predicted molar refractivity (Wildman–Crippen MR) is 93.8 cm³/mol. The highest BCUT2D eigenvalue weighted by molar-refractivity contribution is 6.34. The molecule has 0 aliphatic heterocycles. The summed E-state index contributed by atoms with van der Waals surface area (Å²) in [4.78, 5) is 9.17. The maximum absolute atomic E-state index is 8.62. The van der Waals surface area contributed by atoms with Crippen LogP contribution in [0.4, 0.5) is 0 Å². The minimum absolute atomic E-state index is 0.140. The second-order valence-electron chi connectivity index (χ2n) is 6.06. The van der Waals surface area contributed by atoms with Crippen molar-refractivity contribution in [3.63, 3.8) is 0 Å². The van der Waals surface area contributed by atoms with Crippen molar-refractivity contribution >= 4 is 28.6 Å². The summed E-state index contributed by atoms with van der Waals surface area (Å²) < 4.78 is 1.53. The highest BCUT2D eigenvalue weighted by atomic mass is 35.5. The Labute approximate surface area is 144 Å². The Kier molecular flexibility index (Phi) is 3.46. The highest BCUT2D eigenvalue weighted by Crippen LogP contribution is 2.39. The van der Waals surface area contributed by atoms with Gasteiger partial charge in [-0.05, 0) is 44.0 Å². The smallest absolute Gasteiger partial charge is 0.166 e. The number of aromatic nitrogens is 3. The number of nitrogens with zero attached hydrogens (tertiary/aromatic N) is 3. The van der Waals surface area contributed by atoms with Crippen LogP contribution in [0.25, 0.3) is 11.2 Å². The van der Waals surface area contributed by atoms with Crippen LogP contribution >= 0.6 is 11.6 Å². The fourth-order valence-electron chi connectivity index (χ4n) is 2.81. The summed E-state index contributed by atoms with van der Waals surface area (Å²) in [6, 6.07) is 11.1. The zero-order valence-corrected chi connectivity index (χ0v) is 13.9. The molecule has 120 valence electrons. The molecule has 24 heavy (non-hydrogen) atoms. The number of rotatable bonds is 2. The van der Waals surface area contributed by atoms with Gasteiger partial charge in [-0.2, -0.15) is 0 Å². The zero-order chi connectivity index (χ0) is 16.8. The number of fused-ring (bicyclic) bond motifs is 1. The number of halogens is 1. The van der Waals surface area contributed by atoms with Crippen LogP contribution in [-0.2, 0) is 0 Å². The molecule has 2 N–H and O–H groups in total. The molecule has 2 heterocycles. The molecule has 1 aliphatic carbocycles. The summed E-state index contributed by atoms with van der Waals surface area (Å²) in [6.45, 7) is 1.77. The Morgan fingerprint density at radius 2 is 1.92 bits per heavy atom. The zero-order valence-electron chi connectivity index (χ0n) is 13.2. The van der Waals surface area contributed by atoms with E-state index < -0.39 is 0 Å². The molecule has 1 saturated carbocycles. The molecule has 5 nitrogen and oxygen atoms in total. The van der Waals surface area contributed by atoms with Crippen LogP contribution in [-0.4, -0.2) is 20.4 Å². The number of aryl methyl sites for hydroxylation is 1. The van der Waals surface area contributed by atoms with Gasteiger partial charge in [-0.1, -0.05) is 23.7 Å². The van der Waals surface area contributed by atoms with E-state index in [0.29, 0.717) is 33.4 Å². The first-order valence-electron chi connectivity index (χ1n) is 7.85. The van der Waals surface area contributed by atoms with E-state index in [9.17, 15) is 0 Å². The summed E-state index contributed by atoms with van der Waals surface area (Å²) >= 11 is 6.25. The van der Waals surface area contributed by atoms with Crippen molar-refractivity contribution in [3.8, 4) is 0 Å². The fourth-order valence-corrected chi connectivity index (χ4v) is 3.03. The molecule has 1 aliphatic rings. The monoisotopic (exact) mass is 337 g/mol. The molecule has 0 unspecified atom stereocenters. The van der Waals surface area contributed by atoms with Gasteiger partial charge in [0.05, 0.1) is 10.7 Å². The van der Waals surface area contributed by atoms with Crippen molar-refractivity contribution in [3.05, 3.63) is 63.9 Å². The van der Waals surface area contributed by atoms with Crippen molar-refractivity contribution < 1.29 is 0 Å². The van der Waals surface area contributed by atoms with E-state index in [1.807, 2.05) is 24.3 Å². The van der Waals surface area contributed by atoms with E-state index in [2.05, 4.69) is 4.98 Å². The van der Waals surface area contributed by atoms with E-state index in [4.69, 9.17) is 27.4 Å². The maximum Gasteiger partial charge on any atom is 0.166 e. The van der Waals surface area contributed by atoms with Gasteiger partial charge in [0.25, 0.3) is 0 Å². The molecule has 1 aromatic carbocycles. The standard InChI is InChI=1S/C18H16ClN5/c1-10-16(20)24(17(21)12-4-2-3-5-13(12)19)18-15(22-10)9-8-14(23-18)11-6-7-11/h2-5,8-9,11,20-21H,6-7H2,1H3. The second-order valence-corrected chi connectivity index (χ2v) is 6.47. The lowest BCUT2D eigenvalue weighted by molar-refractivity contribution is 0.912. The Bertz CT molecular complexity index is 1030. The van der Waals surface area contributed by atoms with Gasteiger partial charge < -0.3 is 0 Å². The second kappa shape index (κ2) is 5.53. The lowest BCUT2D eigenvalue weighted by Crippen LogP contribution is -2.31. The van der Waals surface area contributed by atoms with E-state index in [1.165, 1.54) is 4.57 Å². The molecule has 6 heteroatoms. The Morgan fingerprint density at radius 3 is 2.62 bits per heavy atom. The van der Waals surface area contributed by atoms with Crippen LogP contribution in [0.3, 0.4) is 0 Å². The van der Waals surface area contributed by atoms with E-state index in [-0.39, 0.29) is 11.3 Å². The Hall–Kier alpha value is -2.53. The van der Waals surface area contributed by atoms with Crippen molar-refractivity contribution in [2.75, 3.05) is 0 Å². The number of hydrogen-bond acceptors (Lipinski definition) is 4. The average molecular weight is 338 g/mol. The molecule has 4 rings (SSSR count). The molecule has 2 aromatic heterocycles. The minimum atomic E-state index is 0.140. The predicted octanol–water partition coefficient (Wildman–Crippen LogP) is 3.62. The first-order chi connectivity index (χ1) is 11.6. The lowest BCUT2D eigenvalue weighted by atomic mass is 10.2. The first kappa shape index (κ1) is 15.0. The fraction of sp³-hybridized carbons (Fsp3) is 0.222. The van der Waals surface area contributed by atoms with Crippen molar-refractivity contribution in [2.45, 2.75) is 25.7 Å². The van der Waals surface area contributed by atoms with Crippen LogP contribution in [0.15, 0.2) is 36.4 Å². The highest BCUT2D eigenvalue weighted by Gasteiger charge is 2.26. The van der Waals surface area contributed by atoms with Gasteiger partial charge in [-0.15, -0.1) is 0 Å². The van der Waals surface area contributed by atoms with Crippen LogP contribution in [0, 0.1) is 17.7 Å². The maximum atomic E-state index is 8.62. The largest absolute Gasteiger partial charge is 0.283 e.